The van der Waals surface area contributed by atoms with E-state index in [4.69, 9.17) is 5.73 Å². The SMILES string of the molecule is CCNC(=O)C(C(N)=O)C1(O)N=C(c2ccccc2)CC1=O. The van der Waals surface area contributed by atoms with Gasteiger partial charge in [-0.1, -0.05) is 30.3 Å². The van der Waals surface area contributed by atoms with Gasteiger partial charge in [0.1, 0.15) is 0 Å². The quantitative estimate of drug-likeness (QED) is 0.627. The molecule has 2 unspecified atom stereocenters. The predicted octanol–water partition coefficient (Wildman–Crippen LogP) is -0.625. The van der Waals surface area contributed by atoms with Crippen molar-refractivity contribution in [3.63, 3.8) is 0 Å². The number of rotatable bonds is 5. The molecule has 0 aromatic heterocycles. The average molecular weight is 303 g/mol. The van der Waals surface area contributed by atoms with Crippen molar-refractivity contribution in [3.8, 4) is 0 Å². The Kier molecular flexibility index (Phi) is 4.37. The number of carbonyl (C=O) groups excluding carboxylic acids is 3. The molecule has 22 heavy (non-hydrogen) atoms. The summed E-state index contributed by atoms with van der Waals surface area (Å²) in [6, 6.07) is 8.77. The molecule has 1 heterocycles. The maximum absolute atomic E-state index is 12.2. The molecule has 7 heteroatoms. The molecule has 0 saturated carbocycles. The van der Waals surface area contributed by atoms with Gasteiger partial charge in [-0.05, 0) is 12.5 Å². The van der Waals surface area contributed by atoms with Crippen LogP contribution in [-0.2, 0) is 14.4 Å². The number of aliphatic imine (C=N–C) groups is 1. The average Bonchev–Trinajstić information content (AvgIpc) is 2.76. The Morgan fingerprint density at radius 1 is 1.41 bits per heavy atom. The minimum atomic E-state index is -2.45. The number of nitrogens with zero attached hydrogens (tertiary/aromatic N) is 1. The number of carbonyl (C=O) groups is 3. The highest BCUT2D eigenvalue weighted by molar-refractivity contribution is 6.20. The first kappa shape index (κ1) is 15.8. The zero-order chi connectivity index (χ0) is 16.3. The van der Waals surface area contributed by atoms with E-state index in [2.05, 4.69) is 10.3 Å². The number of nitrogens with two attached hydrogens (primary N) is 1. The number of hydrogen-bond donors (Lipinski definition) is 3. The monoisotopic (exact) mass is 303 g/mol. The van der Waals surface area contributed by atoms with Gasteiger partial charge >= 0.3 is 0 Å². The molecule has 1 aliphatic rings. The van der Waals surface area contributed by atoms with Gasteiger partial charge in [-0.2, -0.15) is 0 Å². The molecule has 2 amide bonds. The number of nitrogens with one attached hydrogen (secondary N) is 1. The third-order valence-electron chi connectivity index (χ3n) is 3.45. The van der Waals surface area contributed by atoms with Crippen LogP contribution in [0.1, 0.15) is 18.9 Å². The van der Waals surface area contributed by atoms with Crippen molar-refractivity contribution in [1.29, 1.82) is 0 Å². The second-order valence-corrected chi connectivity index (χ2v) is 4.98. The topological polar surface area (TPSA) is 122 Å². The molecule has 0 radical (unpaired) electrons. The molecule has 0 bridgehead atoms. The van der Waals surface area contributed by atoms with Gasteiger partial charge in [-0.3, -0.25) is 14.4 Å². The molecule has 1 aliphatic heterocycles. The van der Waals surface area contributed by atoms with Crippen molar-refractivity contribution in [3.05, 3.63) is 35.9 Å². The molecule has 0 fully saturated rings. The molecule has 7 nitrogen and oxygen atoms in total. The fourth-order valence-electron chi connectivity index (χ4n) is 2.40. The summed E-state index contributed by atoms with van der Waals surface area (Å²) in [6.07, 6.45) is -0.163. The highest BCUT2D eigenvalue weighted by Gasteiger charge is 2.54. The second kappa shape index (κ2) is 6.07. The standard InChI is InChI=1S/C15H17N3O4/c1-2-17-14(21)12(13(16)20)15(22)11(19)8-10(18-15)9-6-4-3-5-7-9/h3-7,12,22H,2,8H2,1H3,(H2,16,20)(H,17,21). The lowest BCUT2D eigenvalue weighted by Gasteiger charge is -2.24. The number of benzene rings is 1. The van der Waals surface area contributed by atoms with E-state index in [-0.39, 0.29) is 13.0 Å². The summed E-state index contributed by atoms with van der Waals surface area (Å²) in [6.45, 7) is 1.89. The van der Waals surface area contributed by atoms with Crippen LogP contribution >= 0.6 is 0 Å². The Labute approximate surface area is 127 Å². The largest absolute Gasteiger partial charge is 0.369 e. The molecular formula is C15H17N3O4. The van der Waals surface area contributed by atoms with Gasteiger partial charge in [0.15, 0.2) is 11.7 Å². The van der Waals surface area contributed by atoms with Gasteiger partial charge in [0.2, 0.25) is 17.5 Å². The van der Waals surface area contributed by atoms with E-state index in [0.29, 0.717) is 11.3 Å². The number of Topliss-reactive ketones (excluding diaryl/α,β-unsaturated/α-hetero) is 1. The minimum Gasteiger partial charge on any atom is -0.369 e. The van der Waals surface area contributed by atoms with Crippen molar-refractivity contribution in [1.82, 2.24) is 5.32 Å². The zero-order valence-corrected chi connectivity index (χ0v) is 12.1. The summed E-state index contributed by atoms with van der Waals surface area (Å²) in [7, 11) is 0. The highest BCUT2D eigenvalue weighted by Crippen LogP contribution is 2.30. The first-order chi connectivity index (χ1) is 10.4. The number of hydrogen-bond acceptors (Lipinski definition) is 5. The van der Waals surface area contributed by atoms with E-state index < -0.39 is 29.2 Å². The Balaban J connectivity index is 2.42. The van der Waals surface area contributed by atoms with Gasteiger partial charge in [-0.25, -0.2) is 4.99 Å². The number of aliphatic hydroxyl groups is 1. The maximum Gasteiger partial charge on any atom is 0.238 e. The molecule has 2 atom stereocenters. The van der Waals surface area contributed by atoms with E-state index in [1.54, 1.807) is 37.3 Å². The molecule has 2 rings (SSSR count). The summed E-state index contributed by atoms with van der Waals surface area (Å²) < 4.78 is 0. The predicted molar refractivity (Wildman–Crippen MR) is 78.9 cm³/mol. The molecule has 116 valence electrons. The molecule has 1 aromatic carbocycles. The number of amides is 2. The van der Waals surface area contributed by atoms with E-state index in [9.17, 15) is 19.5 Å². The smallest absolute Gasteiger partial charge is 0.238 e. The van der Waals surface area contributed by atoms with Crippen LogP contribution in [0.3, 0.4) is 0 Å². The van der Waals surface area contributed by atoms with Crippen LogP contribution < -0.4 is 11.1 Å². The molecule has 0 saturated heterocycles. The number of primary amides is 1. The minimum absolute atomic E-state index is 0.163. The van der Waals surface area contributed by atoms with E-state index in [0.717, 1.165) is 0 Å². The van der Waals surface area contributed by atoms with Crippen LogP contribution in [0.15, 0.2) is 35.3 Å². The van der Waals surface area contributed by atoms with Crippen molar-refractivity contribution in [2.24, 2.45) is 16.6 Å². The Bertz CT molecular complexity index is 641. The van der Waals surface area contributed by atoms with Crippen LogP contribution in [-0.4, -0.2) is 40.7 Å². The number of ketones is 1. The molecule has 0 spiro atoms. The fourth-order valence-corrected chi connectivity index (χ4v) is 2.40. The summed E-state index contributed by atoms with van der Waals surface area (Å²) in [5.74, 6) is -4.38. The van der Waals surface area contributed by atoms with Crippen molar-refractivity contribution >= 4 is 23.3 Å². The fraction of sp³-hybridized carbons (Fsp3) is 0.333. The Morgan fingerprint density at radius 3 is 2.59 bits per heavy atom. The second-order valence-electron chi connectivity index (χ2n) is 4.98. The van der Waals surface area contributed by atoms with Crippen LogP contribution in [0, 0.1) is 5.92 Å². The molecular weight excluding hydrogens is 286 g/mol. The van der Waals surface area contributed by atoms with Crippen molar-refractivity contribution in [2.45, 2.75) is 19.1 Å². The zero-order valence-electron chi connectivity index (χ0n) is 12.1. The normalized spacial score (nSPS) is 22.1. The van der Waals surface area contributed by atoms with E-state index in [1.807, 2.05) is 0 Å². The maximum atomic E-state index is 12.2. The summed E-state index contributed by atoms with van der Waals surface area (Å²) in [5.41, 5.74) is 3.72. The third kappa shape index (κ3) is 2.75. The summed E-state index contributed by atoms with van der Waals surface area (Å²) in [5, 5.41) is 12.9. The van der Waals surface area contributed by atoms with Gasteiger partial charge < -0.3 is 16.2 Å². The van der Waals surface area contributed by atoms with Gasteiger partial charge in [-0.15, -0.1) is 0 Å². The first-order valence-corrected chi connectivity index (χ1v) is 6.87. The molecule has 1 aromatic rings. The van der Waals surface area contributed by atoms with Gasteiger partial charge in [0, 0.05) is 6.54 Å². The Hall–Kier alpha value is -2.54. The van der Waals surface area contributed by atoms with Crippen LogP contribution in [0.4, 0.5) is 0 Å². The summed E-state index contributed by atoms with van der Waals surface area (Å²) in [4.78, 5) is 39.7. The molecule has 4 N–H and O–H groups in total. The third-order valence-corrected chi connectivity index (χ3v) is 3.45. The van der Waals surface area contributed by atoms with E-state index >= 15 is 0 Å². The molecule has 0 aliphatic carbocycles. The van der Waals surface area contributed by atoms with Crippen molar-refractivity contribution < 1.29 is 19.5 Å². The van der Waals surface area contributed by atoms with Crippen LogP contribution in [0.2, 0.25) is 0 Å². The van der Waals surface area contributed by atoms with Crippen LogP contribution in [0.25, 0.3) is 0 Å². The van der Waals surface area contributed by atoms with Crippen molar-refractivity contribution in [2.75, 3.05) is 6.54 Å². The van der Waals surface area contributed by atoms with Gasteiger partial charge in [0.05, 0.1) is 12.1 Å². The van der Waals surface area contributed by atoms with E-state index in [1.165, 1.54) is 0 Å². The Morgan fingerprint density at radius 2 is 2.05 bits per heavy atom. The first-order valence-electron chi connectivity index (χ1n) is 6.87. The highest BCUT2D eigenvalue weighted by atomic mass is 16.3. The lowest BCUT2D eigenvalue weighted by Crippen LogP contribution is -2.54. The van der Waals surface area contributed by atoms with Crippen LogP contribution in [0.5, 0.6) is 0 Å². The van der Waals surface area contributed by atoms with Gasteiger partial charge in [0.25, 0.3) is 0 Å². The lowest BCUT2D eigenvalue weighted by atomic mass is 9.90. The summed E-state index contributed by atoms with van der Waals surface area (Å²) >= 11 is 0. The lowest BCUT2D eigenvalue weighted by molar-refractivity contribution is -0.154.